The first-order chi connectivity index (χ1) is 7.65. The van der Waals surface area contributed by atoms with E-state index in [1.165, 1.54) is 0 Å². The van der Waals surface area contributed by atoms with Crippen molar-refractivity contribution in [3.8, 4) is 5.75 Å². The van der Waals surface area contributed by atoms with Crippen LogP contribution in [0.1, 0.15) is 18.4 Å². The number of hydrogen-bond acceptors (Lipinski definition) is 3. The van der Waals surface area contributed by atoms with Crippen LogP contribution in [0.15, 0.2) is 18.2 Å². The SMILES string of the molecule is N[C@@H]1CCCN(Cc2cc(Cl)ccc2O)C1. The smallest absolute Gasteiger partial charge is 0.120 e. The number of phenols is 1. The van der Waals surface area contributed by atoms with Crippen LogP contribution in [0.2, 0.25) is 5.02 Å². The number of hydrogen-bond donors (Lipinski definition) is 2. The number of benzene rings is 1. The largest absolute Gasteiger partial charge is 0.508 e. The summed E-state index contributed by atoms with van der Waals surface area (Å²) in [5.41, 5.74) is 6.79. The van der Waals surface area contributed by atoms with Crippen molar-refractivity contribution < 1.29 is 5.11 Å². The molecule has 0 amide bonds. The highest BCUT2D eigenvalue weighted by Crippen LogP contribution is 2.24. The van der Waals surface area contributed by atoms with Crippen molar-refractivity contribution in [2.24, 2.45) is 5.73 Å². The van der Waals surface area contributed by atoms with Crippen LogP contribution in [0.4, 0.5) is 0 Å². The number of rotatable bonds is 2. The molecule has 0 spiro atoms. The number of halogens is 1. The molecular weight excluding hydrogens is 224 g/mol. The van der Waals surface area contributed by atoms with Gasteiger partial charge in [0.2, 0.25) is 0 Å². The quantitative estimate of drug-likeness (QED) is 0.831. The molecule has 1 aliphatic heterocycles. The van der Waals surface area contributed by atoms with E-state index in [1.807, 2.05) is 6.07 Å². The van der Waals surface area contributed by atoms with Gasteiger partial charge in [0, 0.05) is 29.7 Å². The maximum atomic E-state index is 9.71. The van der Waals surface area contributed by atoms with Gasteiger partial charge in [0.25, 0.3) is 0 Å². The Morgan fingerprint density at radius 2 is 2.31 bits per heavy atom. The minimum Gasteiger partial charge on any atom is -0.508 e. The molecule has 0 radical (unpaired) electrons. The molecule has 1 fully saturated rings. The number of piperidine rings is 1. The molecular formula is C12H17ClN2O. The molecule has 0 aromatic heterocycles. The van der Waals surface area contributed by atoms with Crippen LogP contribution in [0.3, 0.4) is 0 Å². The Balaban J connectivity index is 2.05. The molecule has 0 aliphatic carbocycles. The second-order valence-electron chi connectivity index (χ2n) is 4.41. The van der Waals surface area contributed by atoms with Gasteiger partial charge in [-0.05, 0) is 37.6 Å². The van der Waals surface area contributed by atoms with Gasteiger partial charge in [-0.3, -0.25) is 4.90 Å². The predicted molar refractivity (Wildman–Crippen MR) is 65.6 cm³/mol. The molecule has 1 aromatic rings. The fourth-order valence-corrected chi connectivity index (χ4v) is 2.35. The summed E-state index contributed by atoms with van der Waals surface area (Å²) in [6.07, 6.45) is 2.22. The molecule has 2 rings (SSSR count). The molecule has 1 aliphatic rings. The number of nitrogens with zero attached hydrogens (tertiary/aromatic N) is 1. The van der Waals surface area contributed by atoms with Gasteiger partial charge in [-0.2, -0.15) is 0 Å². The van der Waals surface area contributed by atoms with Crippen molar-refractivity contribution in [2.75, 3.05) is 13.1 Å². The Hall–Kier alpha value is -0.770. The van der Waals surface area contributed by atoms with E-state index in [4.69, 9.17) is 17.3 Å². The molecule has 0 bridgehead atoms. The number of likely N-dealkylation sites (tertiary alicyclic amines) is 1. The second kappa shape index (κ2) is 5.04. The third-order valence-corrected chi connectivity index (χ3v) is 3.21. The first-order valence-corrected chi connectivity index (χ1v) is 5.98. The molecule has 3 N–H and O–H groups in total. The molecule has 1 aromatic carbocycles. The van der Waals surface area contributed by atoms with Gasteiger partial charge in [-0.15, -0.1) is 0 Å². The average Bonchev–Trinajstić information content (AvgIpc) is 2.24. The highest BCUT2D eigenvalue weighted by Gasteiger charge is 2.17. The van der Waals surface area contributed by atoms with E-state index in [-0.39, 0.29) is 6.04 Å². The summed E-state index contributed by atoms with van der Waals surface area (Å²) >= 11 is 5.91. The second-order valence-corrected chi connectivity index (χ2v) is 4.85. The fourth-order valence-electron chi connectivity index (χ4n) is 2.16. The van der Waals surface area contributed by atoms with Crippen molar-refractivity contribution >= 4 is 11.6 Å². The standard InChI is InChI=1S/C12H17ClN2O/c13-10-3-4-12(16)9(6-10)7-15-5-1-2-11(14)8-15/h3-4,6,11,16H,1-2,5,7-8,14H2/t11-/m1/s1. The Morgan fingerprint density at radius 1 is 1.50 bits per heavy atom. The van der Waals surface area contributed by atoms with Crippen LogP contribution < -0.4 is 5.73 Å². The summed E-state index contributed by atoms with van der Waals surface area (Å²) in [6, 6.07) is 5.41. The topological polar surface area (TPSA) is 49.5 Å². The van der Waals surface area contributed by atoms with E-state index in [1.54, 1.807) is 12.1 Å². The Morgan fingerprint density at radius 3 is 3.06 bits per heavy atom. The number of aromatic hydroxyl groups is 1. The highest BCUT2D eigenvalue weighted by molar-refractivity contribution is 6.30. The summed E-state index contributed by atoms with van der Waals surface area (Å²) in [4.78, 5) is 2.26. The van der Waals surface area contributed by atoms with Crippen LogP contribution in [-0.2, 0) is 6.54 Å². The Labute approximate surface area is 101 Å². The van der Waals surface area contributed by atoms with Crippen LogP contribution in [0.5, 0.6) is 5.75 Å². The van der Waals surface area contributed by atoms with Crippen molar-refractivity contribution in [1.82, 2.24) is 4.90 Å². The maximum Gasteiger partial charge on any atom is 0.120 e. The lowest BCUT2D eigenvalue weighted by Gasteiger charge is -2.30. The zero-order valence-electron chi connectivity index (χ0n) is 9.19. The van der Waals surface area contributed by atoms with Gasteiger partial charge >= 0.3 is 0 Å². The first-order valence-electron chi connectivity index (χ1n) is 5.60. The zero-order chi connectivity index (χ0) is 11.5. The molecule has 1 atom stereocenters. The van der Waals surface area contributed by atoms with Gasteiger partial charge in [-0.25, -0.2) is 0 Å². The monoisotopic (exact) mass is 240 g/mol. The minimum atomic E-state index is 0.259. The van der Waals surface area contributed by atoms with Crippen LogP contribution in [-0.4, -0.2) is 29.1 Å². The number of nitrogens with two attached hydrogens (primary N) is 1. The van der Waals surface area contributed by atoms with Gasteiger partial charge in [0.15, 0.2) is 0 Å². The van der Waals surface area contributed by atoms with Crippen molar-refractivity contribution in [1.29, 1.82) is 0 Å². The van der Waals surface area contributed by atoms with Gasteiger partial charge in [0.1, 0.15) is 5.75 Å². The van der Waals surface area contributed by atoms with E-state index in [2.05, 4.69) is 4.90 Å². The van der Waals surface area contributed by atoms with E-state index in [9.17, 15) is 5.11 Å². The predicted octanol–water partition coefficient (Wildman–Crippen LogP) is 1.97. The molecule has 0 saturated carbocycles. The van der Waals surface area contributed by atoms with Crippen LogP contribution in [0, 0.1) is 0 Å². The first kappa shape index (κ1) is 11.7. The summed E-state index contributed by atoms with van der Waals surface area (Å²) in [7, 11) is 0. The number of phenolic OH excluding ortho intramolecular Hbond substituents is 1. The van der Waals surface area contributed by atoms with E-state index in [0.29, 0.717) is 10.8 Å². The van der Waals surface area contributed by atoms with E-state index < -0.39 is 0 Å². The van der Waals surface area contributed by atoms with Crippen molar-refractivity contribution in [2.45, 2.75) is 25.4 Å². The van der Waals surface area contributed by atoms with Gasteiger partial charge < -0.3 is 10.8 Å². The minimum absolute atomic E-state index is 0.259. The Bertz CT molecular complexity index is 370. The fraction of sp³-hybridized carbons (Fsp3) is 0.500. The van der Waals surface area contributed by atoms with Gasteiger partial charge in [0.05, 0.1) is 0 Å². The lowest BCUT2D eigenvalue weighted by atomic mass is 10.1. The highest BCUT2D eigenvalue weighted by atomic mass is 35.5. The lowest BCUT2D eigenvalue weighted by molar-refractivity contribution is 0.199. The normalized spacial score (nSPS) is 22.2. The van der Waals surface area contributed by atoms with Crippen LogP contribution in [0.25, 0.3) is 0 Å². The summed E-state index contributed by atoms with van der Waals surface area (Å²) in [5.74, 6) is 0.309. The van der Waals surface area contributed by atoms with Crippen molar-refractivity contribution in [3.63, 3.8) is 0 Å². The van der Waals surface area contributed by atoms with E-state index >= 15 is 0 Å². The van der Waals surface area contributed by atoms with Gasteiger partial charge in [-0.1, -0.05) is 11.6 Å². The summed E-state index contributed by atoms with van der Waals surface area (Å²) in [6.45, 7) is 2.66. The molecule has 1 heterocycles. The zero-order valence-corrected chi connectivity index (χ0v) is 9.95. The third-order valence-electron chi connectivity index (χ3n) is 2.98. The van der Waals surface area contributed by atoms with E-state index in [0.717, 1.165) is 38.0 Å². The molecule has 88 valence electrons. The molecule has 16 heavy (non-hydrogen) atoms. The average molecular weight is 241 g/mol. The maximum absolute atomic E-state index is 9.71. The summed E-state index contributed by atoms with van der Waals surface area (Å²) in [5, 5.41) is 10.4. The molecule has 3 nitrogen and oxygen atoms in total. The Kier molecular flexibility index (Phi) is 3.69. The molecule has 1 saturated heterocycles. The molecule has 0 unspecified atom stereocenters. The molecule has 4 heteroatoms. The van der Waals surface area contributed by atoms with Crippen LogP contribution >= 0.6 is 11.6 Å². The van der Waals surface area contributed by atoms with Crippen molar-refractivity contribution in [3.05, 3.63) is 28.8 Å². The lowest BCUT2D eigenvalue weighted by Crippen LogP contribution is -2.42. The third kappa shape index (κ3) is 2.88. The summed E-state index contributed by atoms with van der Waals surface area (Å²) < 4.78 is 0.